The number of rotatable bonds is 11. The van der Waals surface area contributed by atoms with Gasteiger partial charge in [0.05, 0.1) is 19.3 Å². The zero-order chi connectivity index (χ0) is 22.1. The summed E-state index contributed by atoms with van der Waals surface area (Å²) in [6, 6.07) is 7.75. The topological polar surface area (TPSA) is 101 Å². The standard InChI is InChI=1S/C22H33N5O4/c1-23-20-12-21(26-16-25-20)27-8-4-7-22(28,15-27)14-24-13-17-5-6-18(30-3)19(11-17)31-10-9-29-2/h5-6,11-12,16,24,28H,4,7-10,13-15H2,1-3H3,(H,23,25,26)/t22-/m1/s1. The van der Waals surface area contributed by atoms with E-state index in [1.165, 1.54) is 0 Å². The number of hydrogen-bond acceptors (Lipinski definition) is 9. The largest absolute Gasteiger partial charge is 0.493 e. The maximum Gasteiger partial charge on any atom is 0.161 e. The van der Waals surface area contributed by atoms with Crippen LogP contribution in [0.5, 0.6) is 11.5 Å². The first-order valence-corrected chi connectivity index (χ1v) is 10.5. The van der Waals surface area contributed by atoms with Gasteiger partial charge in [0.2, 0.25) is 0 Å². The van der Waals surface area contributed by atoms with E-state index in [-0.39, 0.29) is 0 Å². The van der Waals surface area contributed by atoms with Crippen molar-refractivity contribution in [2.75, 3.05) is 64.3 Å². The molecule has 3 rings (SSSR count). The van der Waals surface area contributed by atoms with Crippen molar-refractivity contribution in [1.82, 2.24) is 15.3 Å². The van der Waals surface area contributed by atoms with Gasteiger partial charge in [-0.3, -0.25) is 0 Å². The number of aliphatic hydroxyl groups is 1. The fourth-order valence-electron chi connectivity index (χ4n) is 3.73. The number of aromatic nitrogens is 2. The Bertz CT molecular complexity index is 837. The highest BCUT2D eigenvalue weighted by atomic mass is 16.5. The van der Waals surface area contributed by atoms with Gasteiger partial charge in [-0.25, -0.2) is 9.97 Å². The molecule has 1 aromatic carbocycles. The lowest BCUT2D eigenvalue weighted by molar-refractivity contribution is 0.0259. The molecule has 2 aromatic rings. The Kier molecular flexibility index (Phi) is 8.27. The molecule has 9 nitrogen and oxygen atoms in total. The van der Waals surface area contributed by atoms with Crippen molar-refractivity contribution in [3.8, 4) is 11.5 Å². The number of β-amino-alcohol motifs (C(OH)–C–C–N with tert-alkyl or cyclic N) is 1. The van der Waals surface area contributed by atoms with Crippen molar-refractivity contribution in [3.05, 3.63) is 36.2 Å². The van der Waals surface area contributed by atoms with Crippen LogP contribution in [0.2, 0.25) is 0 Å². The summed E-state index contributed by atoms with van der Waals surface area (Å²) in [7, 11) is 5.09. The summed E-state index contributed by atoms with van der Waals surface area (Å²) in [5, 5.41) is 17.6. The minimum atomic E-state index is -0.826. The highest BCUT2D eigenvalue weighted by Crippen LogP contribution is 2.29. The molecule has 0 bridgehead atoms. The van der Waals surface area contributed by atoms with E-state index in [4.69, 9.17) is 14.2 Å². The van der Waals surface area contributed by atoms with Crippen molar-refractivity contribution in [3.63, 3.8) is 0 Å². The lowest BCUT2D eigenvalue weighted by atomic mass is 9.92. The molecule has 3 N–H and O–H groups in total. The number of nitrogens with zero attached hydrogens (tertiary/aromatic N) is 3. The molecule has 0 spiro atoms. The first-order chi connectivity index (χ1) is 15.1. The Morgan fingerprint density at radius 2 is 2.03 bits per heavy atom. The average Bonchev–Trinajstić information content (AvgIpc) is 2.79. The van der Waals surface area contributed by atoms with Crippen LogP contribution in [0.1, 0.15) is 18.4 Å². The summed E-state index contributed by atoms with van der Waals surface area (Å²) in [4.78, 5) is 10.6. The third-order valence-corrected chi connectivity index (χ3v) is 5.34. The van der Waals surface area contributed by atoms with Gasteiger partial charge in [-0.2, -0.15) is 0 Å². The van der Waals surface area contributed by atoms with Gasteiger partial charge < -0.3 is 34.9 Å². The molecule has 0 radical (unpaired) electrons. The van der Waals surface area contributed by atoms with E-state index in [2.05, 4.69) is 25.5 Å². The second kappa shape index (κ2) is 11.1. The first kappa shape index (κ1) is 23.1. The number of ether oxygens (including phenoxy) is 3. The monoisotopic (exact) mass is 431 g/mol. The highest BCUT2D eigenvalue weighted by Gasteiger charge is 2.33. The Labute approximate surface area is 183 Å². The fraction of sp³-hybridized carbons (Fsp3) is 0.545. The SMILES string of the molecule is CNc1cc(N2CCC[C@@](O)(CNCc3ccc(OC)c(OCCOC)c3)C2)ncn1. The molecule has 1 aromatic heterocycles. The van der Waals surface area contributed by atoms with Gasteiger partial charge in [0.15, 0.2) is 11.5 Å². The van der Waals surface area contributed by atoms with E-state index >= 15 is 0 Å². The van der Waals surface area contributed by atoms with Crippen LogP contribution in [-0.4, -0.2) is 74.8 Å². The van der Waals surface area contributed by atoms with Crippen LogP contribution in [0, 0.1) is 0 Å². The van der Waals surface area contributed by atoms with Gasteiger partial charge in [-0.05, 0) is 30.5 Å². The van der Waals surface area contributed by atoms with Gasteiger partial charge >= 0.3 is 0 Å². The van der Waals surface area contributed by atoms with Crippen LogP contribution < -0.4 is 25.0 Å². The normalized spacial score (nSPS) is 18.6. The number of anilines is 2. The Morgan fingerprint density at radius 1 is 1.16 bits per heavy atom. The number of benzene rings is 1. The van der Waals surface area contributed by atoms with Gasteiger partial charge in [-0.1, -0.05) is 6.07 Å². The molecule has 1 fully saturated rings. The molecule has 9 heteroatoms. The quantitative estimate of drug-likeness (QED) is 0.459. The summed E-state index contributed by atoms with van der Waals surface area (Å²) < 4.78 is 16.2. The lowest BCUT2D eigenvalue weighted by Crippen LogP contribution is -2.53. The molecule has 170 valence electrons. The minimum Gasteiger partial charge on any atom is -0.493 e. The predicted molar refractivity (Wildman–Crippen MR) is 120 cm³/mol. The van der Waals surface area contributed by atoms with E-state index in [1.54, 1.807) is 20.5 Å². The van der Waals surface area contributed by atoms with Crippen molar-refractivity contribution >= 4 is 11.6 Å². The van der Waals surface area contributed by atoms with Crippen LogP contribution in [0.3, 0.4) is 0 Å². The molecule has 0 amide bonds. The van der Waals surface area contributed by atoms with Crippen molar-refractivity contribution in [2.24, 2.45) is 0 Å². The van der Waals surface area contributed by atoms with Crippen molar-refractivity contribution in [1.29, 1.82) is 0 Å². The number of hydrogen-bond donors (Lipinski definition) is 3. The van der Waals surface area contributed by atoms with Gasteiger partial charge in [0.1, 0.15) is 24.6 Å². The third kappa shape index (κ3) is 6.43. The average molecular weight is 432 g/mol. The van der Waals surface area contributed by atoms with E-state index in [9.17, 15) is 5.11 Å². The summed E-state index contributed by atoms with van der Waals surface area (Å²) in [6.45, 7) is 3.45. The molecule has 0 aliphatic carbocycles. The molecule has 1 aliphatic heterocycles. The number of methoxy groups -OCH3 is 2. The van der Waals surface area contributed by atoms with Crippen LogP contribution in [0.25, 0.3) is 0 Å². The second-order valence-corrected chi connectivity index (χ2v) is 7.69. The molecule has 2 heterocycles. The predicted octanol–water partition coefficient (Wildman–Crippen LogP) is 1.67. The molecule has 1 saturated heterocycles. The van der Waals surface area contributed by atoms with E-state index in [0.717, 1.165) is 36.6 Å². The first-order valence-electron chi connectivity index (χ1n) is 10.5. The Balaban J connectivity index is 1.57. The van der Waals surface area contributed by atoms with Crippen molar-refractivity contribution < 1.29 is 19.3 Å². The fourth-order valence-corrected chi connectivity index (χ4v) is 3.73. The van der Waals surface area contributed by atoms with Crippen molar-refractivity contribution in [2.45, 2.75) is 25.0 Å². The molecule has 31 heavy (non-hydrogen) atoms. The van der Waals surface area contributed by atoms with Gasteiger partial charge in [-0.15, -0.1) is 0 Å². The van der Waals surface area contributed by atoms with Crippen LogP contribution in [-0.2, 0) is 11.3 Å². The minimum absolute atomic E-state index is 0.456. The maximum absolute atomic E-state index is 11.2. The smallest absolute Gasteiger partial charge is 0.161 e. The summed E-state index contributed by atoms with van der Waals surface area (Å²) in [5.41, 5.74) is 0.228. The third-order valence-electron chi connectivity index (χ3n) is 5.34. The lowest BCUT2D eigenvalue weighted by Gasteiger charge is -2.40. The van der Waals surface area contributed by atoms with Crippen LogP contribution in [0.15, 0.2) is 30.6 Å². The van der Waals surface area contributed by atoms with Gasteiger partial charge in [0.25, 0.3) is 0 Å². The summed E-state index contributed by atoms with van der Waals surface area (Å²) in [6.07, 6.45) is 3.19. The van der Waals surface area contributed by atoms with Crippen LogP contribution in [0.4, 0.5) is 11.6 Å². The molecule has 1 atom stereocenters. The zero-order valence-electron chi connectivity index (χ0n) is 18.6. The zero-order valence-corrected chi connectivity index (χ0v) is 18.6. The molecule has 0 unspecified atom stereocenters. The highest BCUT2D eigenvalue weighted by molar-refractivity contribution is 5.48. The second-order valence-electron chi connectivity index (χ2n) is 7.69. The maximum atomic E-state index is 11.2. The molecule has 0 saturated carbocycles. The van der Waals surface area contributed by atoms with E-state index in [0.29, 0.717) is 44.3 Å². The van der Waals surface area contributed by atoms with E-state index in [1.807, 2.05) is 31.3 Å². The molecular weight excluding hydrogens is 398 g/mol. The van der Waals surface area contributed by atoms with E-state index < -0.39 is 5.60 Å². The molecule has 1 aliphatic rings. The number of nitrogens with one attached hydrogen (secondary N) is 2. The summed E-state index contributed by atoms with van der Waals surface area (Å²) >= 11 is 0. The van der Waals surface area contributed by atoms with Gasteiger partial charge in [0, 0.05) is 46.4 Å². The summed E-state index contributed by atoms with van der Waals surface area (Å²) in [5.74, 6) is 2.96. The van der Waals surface area contributed by atoms with Crippen LogP contribution >= 0.6 is 0 Å². The Hall–Kier alpha value is -2.62. The number of piperidine rings is 1. The Morgan fingerprint density at radius 3 is 2.81 bits per heavy atom. The molecular formula is C22H33N5O4.